The van der Waals surface area contributed by atoms with Crippen molar-refractivity contribution in [2.75, 3.05) is 25.9 Å². The number of thioether (sulfide) groups is 1. The number of benzene rings is 1. The summed E-state index contributed by atoms with van der Waals surface area (Å²) in [5.41, 5.74) is 1.15. The van der Waals surface area contributed by atoms with E-state index in [9.17, 15) is 4.39 Å². The second kappa shape index (κ2) is 5.81. The number of halogens is 1. The van der Waals surface area contributed by atoms with Crippen LogP contribution >= 0.6 is 11.8 Å². The van der Waals surface area contributed by atoms with Gasteiger partial charge in [-0.25, -0.2) is 4.39 Å². The monoisotopic (exact) mass is 280 g/mol. The van der Waals surface area contributed by atoms with Crippen molar-refractivity contribution < 1.29 is 4.39 Å². The molecule has 1 N–H and O–H groups in total. The molecule has 2 aliphatic rings. The van der Waals surface area contributed by atoms with Crippen LogP contribution in [0.4, 0.5) is 4.39 Å². The van der Waals surface area contributed by atoms with Crippen molar-refractivity contribution >= 4 is 11.8 Å². The van der Waals surface area contributed by atoms with Gasteiger partial charge in [0.25, 0.3) is 0 Å². The Kier molecular flexibility index (Phi) is 4.10. The highest BCUT2D eigenvalue weighted by atomic mass is 32.2. The molecule has 0 amide bonds. The predicted octanol–water partition coefficient (Wildman–Crippen LogP) is 3.05. The first kappa shape index (κ1) is 13.4. The number of likely N-dealkylation sites (N-methyl/N-ethyl adjacent to an activating group) is 1. The topological polar surface area (TPSA) is 15.3 Å². The van der Waals surface area contributed by atoms with Gasteiger partial charge in [0.15, 0.2) is 0 Å². The van der Waals surface area contributed by atoms with E-state index in [1.165, 1.54) is 19.4 Å². The van der Waals surface area contributed by atoms with Crippen molar-refractivity contribution in [1.82, 2.24) is 10.2 Å². The van der Waals surface area contributed by atoms with Gasteiger partial charge in [-0.2, -0.15) is 0 Å². The Morgan fingerprint density at radius 1 is 1.42 bits per heavy atom. The van der Waals surface area contributed by atoms with Gasteiger partial charge in [0, 0.05) is 23.5 Å². The van der Waals surface area contributed by atoms with E-state index in [2.05, 4.69) is 23.3 Å². The molecule has 2 nitrogen and oxygen atoms in total. The van der Waals surface area contributed by atoms with E-state index in [4.69, 9.17) is 0 Å². The lowest BCUT2D eigenvalue weighted by molar-refractivity contribution is 0.289. The normalized spacial score (nSPS) is 27.5. The predicted molar refractivity (Wildman–Crippen MR) is 78.1 cm³/mol. The first-order valence-electron chi connectivity index (χ1n) is 7.10. The fourth-order valence-corrected chi connectivity index (χ4v) is 4.25. The van der Waals surface area contributed by atoms with Crippen molar-refractivity contribution in [3.63, 3.8) is 0 Å². The SMILES string of the molecule is CN1CCCC1CNC1CCSc2c(F)cccc21. The summed E-state index contributed by atoms with van der Waals surface area (Å²) in [5, 5.41) is 3.66. The fourth-order valence-electron chi connectivity index (χ4n) is 3.11. The summed E-state index contributed by atoms with van der Waals surface area (Å²) < 4.78 is 13.8. The highest BCUT2D eigenvalue weighted by molar-refractivity contribution is 7.99. The quantitative estimate of drug-likeness (QED) is 0.916. The highest BCUT2D eigenvalue weighted by Gasteiger charge is 2.25. The third-order valence-electron chi connectivity index (χ3n) is 4.30. The maximum atomic E-state index is 13.8. The third-order valence-corrected chi connectivity index (χ3v) is 5.46. The van der Waals surface area contributed by atoms with Crippen LogP contribution in [0.3, 0.4) is 0 Å². The lowest BCUT2D eigenvalue weighted by Crippen LogP contribution is -2.38. The minimum absolute atomic E-state index is 0.0630. The summed E-state index contributed by atoms with van der Waals surface area (Å²) in [6.45, 7) is 2.22. The molecule has 3 rings (SSSR count). The van der Waals surface area contributed by atoms with Gasteiger partial charge in [0.05, 0.1) is 0 Å². The second-order valence-corrected chi connectivity index (χ2v) is 6.64. The zero-order valence-corrected chi connectivity index (χ0v) is 12.2. The molecule has 1 fully saturated rings. The summed E-state index contributed by atoms with van der Waals surface area (Å²) in [4.78, 5) is 3.28. The molecule has 19 heavy (non-hydrogen) atoms. The molecule has 2 heterocycles. The van der Waals surface area contributed by atoms with Crippen molar-refractivity contribution in [3.8, 4) is 0 Å². The number of hydrogen-bond donors (Lipinski definition) is 1. The van der Waals surface area contributed by atoms with Crippen LogP contribution < -0.4 is 5.32 Å². The molecule has 0 spiro atoms. The first-order valence-corrected chi connectivity index (χ1v) is 8.09. The summed E-state index contributed by atoms with van der Waals surface area (Å²) in [5.74, 6) is 0.943. The zero-order valence-electron chi connectivity index (χ0n) is 11.4. The van der Waals surface area contributed by atoms with Crippen LogP contribution in [0.25, 0.3) is 0 Å². The van der Waals surface area contributed by atoms with E-state index >= 15 is 0 Å². The number of nitrogens with one attached hydrogen (secondary N) is 1. The van der Waals surface area contributed by atoms with E-state index in [0.29, 0.717) is 12.1 Å². The Labute approximate surface area is 118 Å². The Morgan fingerprint density at radius 2 is 2.32 bits per heavy atom. The van der Waals surface area contributed by atoms with E-state index in [1.807, 2.05) is 6.07 Å². The molecule has 104 valence electrons. The number of hydrogen-bond acceptors (Lipinski definition) is 3. The van der Waals surface area contributed by atoms with Crippen LogP contribution in [0.1, 0.15) is 30.9 Å². The van der Waals surface area contributed by atoms with E-state index in [1.54, 1.807) is 17.8 Å². The summed E-state index contributed by atoms with van der Waals surface area (Å²) >= 11 is 1.65. The van der Waals surface area contributed by atoms with Crippen molar-refractivity contribution in [1.29, 1.82) is 0 Å². The molecule has 0 aromatic heterocycles. The molecule has 0 radical (unpaired) electrons. The molecule has 0 aliphatic carbocycles. The standard InChI is InChI=1S/C15H21FN2S/c1-18-8-3-4-11(18)10-17-14-7-9-19-15-12(14)5-2-6-13(15)16/h2,5-6,11,14,17H,3-4,7-10H2,1H3. The first-order chi connectivity index (χ1) is 9.25. The smallest absolute Gasteiger partial charge is 0.137 e. The zero-order chi connectivity index (χ0) is 13.2. The van der Waals surface area contributed by atoms with Crippen LogP contribution in [0.2, 0.25) is 0 Å². The lowest BCUT2D eigenvalue weighted by Gasteiger charge is -2.29. The minimum atomic E-state index is -0.0630. The van der Waals surface area contributed by atoms with Gasteiger partial charge in [0.1, 0.15) is 5.82 Å². The Balaban J connectivity index is 1.68. The highest BCUT2D eigenvalue weighted by Crippen LogP contribution is 2.37. The van der Waals surface area contributed by atoms with Crippen LogP contribution in [0.5, 0.6) is 0 Å². The molecule has 4 heteroatoms. The van der Waals surface area contributed by atoms with Gasteiger partial charge in [-0.05, 0) is 50.2 Å². The Morgan fingerprint density at radius 3 is 3.11 bits per heavy atom. The molecule has 1 aromatic rings. The Hall–Kier alpha value is -0.580. The van der Waals surface area contributed by atoms with E-state index in [-0.39, 0.29) is 5.82 Å². The van der Waals surface area contributed by atoms with E-state index in [0.717, 1.165) is 29.2 Å². The number of nitrogens with zero attached hydrogens (tertiary/aromatic N) is 1. The fraction of sp³-hybridized carbons (Fsp3) is 0.600. The van der Waals surface area contributed by atoms with Crippen molar-refractivity contribution in [2.45, 2.75) is 36.2 Å². The largest absolute Gasteiger partial charge is 0.308 e. The second-order valence-electron chi connectivity index (χ2n) is 5.53. The third kappa shape index (κ3) is 2.81. The van der Waals surface area contributed by atoms with Gasteiger partial charge in [-0.1, -0.05) is 12.1 Å². The van der Waals surface area contributed by atoms with Gasteiger partial charge in [-0.3, -0.25) is 0 Å². The molecular weight excluding hydrogens is 259 g/mol. The molecule has 0 bridgehead atoms. The number of likely N-dealkylation sites (tertiary alicyclic amines) is 1. The van der Waals surface area contributed by atoms with Gasteiger partial charge < -0.3 is 10.2 Å². The molecule has 1 saturated heterocycles. The molecule has 2 atom stereocenters. The summed E-state index contributed by atoms with van der Waals surface area (Å²) in [6.07, 6.45) is 3.67. The van der Waals surface area contributed by atoms with Crippen molar-refractivity contribution in [2.24, 2.45) is 0 Å². The van der Waals surface area contributed by atoms with Crippen molar-refractivity contribution in [3.05, 3.63) is 29.6 Å². The Bertz CT molecular complexity index is 452. The number of rotatable bonds is 3. The minimum Gasteiger partial charge on any atom is -0.308 e. The molecule has 0 saturated carbocycles. The average molecular weight is 280 g/mol. The summed E-state index contributed by atoms with van der Waals surface area (Å²) in [7, 11) is 2.20. The number of fused-ring (bicyclic) bond motifs is 1. The van der Waals surface area contributed by atoms with Gasteiger partial charge in [-0.15, -0.1) is 11.8 Å². The molecule has 2 unspecified atom stereocenters. The van der Waals surface area contributed by atoms with E-state index < -0.39 is 0 Å². The van der Waals surface area contributed by atoms with Crippen LogP contribution in [-0.2, 0) is 0 Å². The van der Waals surface area contributed by atoms with Crippen LogP contribution in [0.15, 0.2) is 23.1 Å². The molecule has 1 aromatic carbocycles. The summed E-state index contributed by atoms with van der Waals surface area (Å²) in [6, 6.07) is 6.43. The molecular formula is C15H21FN2S. The van der Waals surface area contributed by atoms with Gasteiger partial charge >= 0.3 is 0 Å². The maximum absolute atomic E-state index is 13.8. The van der Waals surface area contributed by atoms with Gasteiger partial charge in [0.2, 0.25) is 0 Å². The molecule has 2 aliphatic heterocycles. The maximum Gasteiger partial charge on any atom is 0.137 e. The average Bonchev–Trinajstić information content (AvgIpc) is 2.82. The van der Waals surface area contributed by atoms with Crippen LogP contribution in [-0.4, -0.2) is 36.8 Å². The lowest BCUT2D eigenvalue weighted by atomic mass is 10.0. The van der Waals surface area contributed by atoms with Crippen LogP contribution in [0, 0.1) is 5.82 Å².